The fraction of sp³-hybridized carbons (Fsp3) is 0.381. The second-order valence-electron chi connectivity index (χ2n) is 6.74. The van der Waals surface area contributed by atoms with E-state index in [0.717, 1.165) is 25.2 Å². The van der Waals surface area contributed by atoms with Crippen LogP contribution in [0, 0.1) is 0 Å². The lowest BCUT2D eigenvalue weighted by Gasteiger charge is -2.33. The zero-order chi connectivity index (χ0) is 18.2. The zero-order valence-corrected chi connectivity index (χ0v) is 15.0. The van der Waals surface area contributed by atoms with E-state index in [1.807, 2.05) is 36.4 Å². The molecule has 1 amide bonds. The Bertz CT molecular complexity index is 678. The monoisotopic (exact) mass is 353 g/mol. The quantitative estimate of drug-likeness (QED) is 0.800. The van der Waals surface area contributed by atoms with E-state index < -0.39 is 0 Å². The molecule has 0 aromatic heterocycles. The summed E-state index contributed by atoms with van der Waals surface area (Å²) in [5.41, 5.74) is 8.39. The van der Waals surface area contributed by atoms with Crippen molar-refractivity contribution in [1.82, 2.24) is 10.2 Å². The number of hydrogen-bond donors (Lipinski definition) is 2. The fourth-order valence-electron chi connectivity index (χ4n) is 3.21. The van der Waals surface area contributed by atoms with Crippen LogP contribution in [-0.2, 0) is 16.1 Å². The maximum Gasteiger partial charge on any atom is 0.221 e. The number of benzene rings is 2. The van der Waals surface area contributed by atoms with Crippen LogP contribution in [0.4, 0.5) is 0 Å². The van der Waals surface area contributed by atoms with E-state index in [2.05, 4.69) is 34.5 Å². The van der Waals surface area contributed by atoms with Gasteiger partial charge in [0.05, 0.1) is 12.7 Å². The van der Waals surface area contributed by atoms with Crippen LogP contribution in [-0.4, -0.2) is 43.2 Å². The first-order chi connectivity index (χ1) is 12.7. The number of amides is 1. The van der Waals surface area contributed by atoms with Gasteiger partial charge in [-0.2, -0.15) is 0 Å². The maximum atomic E-state index is 12.2. The van der Waals surface area contributed by atoms with E-state index in [9.17, 15) is 4.79 Å². The minimum Gasteiger partial charge on any atom is -0.374 e. The standard InChI is InChI=1S/C21H27N3O2/c22-20(18-9-5-2-6-10-18)13-21(25)23-14-19-16-24(11-12-26-19)15-17-7-3-1-4-8-17/h1-10,19-20H,11-16,22H2,(H,23,25). The molecule has 26 heavy (non-hydrogen) atoms. The normalized spacial score (nSPS) is 19.0. The van der Waals surface area contributed by atoms with Gasteiger partial charge >= 0.3 is 0 Å². The lowest BCUT2D eigenvalue weighted by Crippen LogP contribution is -2.47. The number of rotatable bonds is 7. The van der Waals surface area contributed by atoms with Crippen molar-refractivity contribution >= 4 is 5.91 Å². The first kappa shape index (κ1) is 18.6. The summed E-state index contributed by atoms with van der Waals surface area (Å²) in [5, 5.41) is 2.97. The van der Waals surface area contributed by atoms with Crippen LogP contribution in [0.3, 0.4) is 0 Å². The molecule has 138 valence electrons. The molecule has 1 fully saturated rings. The molecule has 2 aromatic carbocycles. The van der Waals surface area contributed by atoms with Crippen LogP contribution in [0.2, 0.25) is 0 Å². The summed E-state index contributed by atoms with van der Waals surface area (Å²) in [4.78, 5) is 14.5. The van der Waals surface area contributed by atoms with E-state index in [1.165, 1.54) is 5.56 Å². The van der Waals surface area contributed by atoms with Crippen molar-refractivity contribution in [3.63, 3.8) is 0 Å². The van der Waals surface area contributed by atoms with E-state index in [-0.39, 0.29) is 24.5 Å². The third-order valence-electron chi connectivity index (χ3n) is 4.63. The Kier molecular flexibility index (Phi) is 6.77. The first-order valence-corrected chi connectivity index (χ1v) is 9.16. The van der Waals surface area contributed by atoms with Crippen molar-refractivity contribution in [1.29, 1.82) is 0 Å². The lowest BCUT2D eigenvalue weighted by molar-refractivity contribution is -0.122. The van der Waals surface area contributed by atoms with E-state index in [1.54, 1.807) is 0 Å². The molecule has 1 aliphatic heterocycles. The molecular weight excluding hydrogens is 326 g/mol. The summed E-state index contributed by atoms with van der Waals surface area (Å²) in [6.45, 7) is 3.86. The van der Waals surface area contributed by atoms with Gasteiger partial charge in [0, 0.05) is 38.6 Å². The summed E-state index contributed by atoms with van der Waals surface area (Å²) in [7, 11) is 0. The summed E-state index contributed by atoms with van der Waals surface area (Å²) < 4.78 is 5.80. The van der Waals surface area contributed by atoms with E-state index >= 15 is 0 Å². The Morgan fingerprint density at radius 2 is 1.85 bits per heavy atom. The fourth-order valence-corrected chi connectivity index (χ4v) is 3.21. The molecular formula is C21H27N3O2. The molecule has 0 bridgehead atoms. The van der Waals surface area contributed by atoms with E-state index in [0.29, 0.717) is 13.2 Å². The van der Waals surface area contributed by atoms with Gasteiger partial charge < -0.3 is 15.8 Å². The number of nitrogens with two attached hydrogens (primary N) is 1. The number of carbonyl (C=O) groups excluding carboxylic acids is 1. The van der Waals surface area contributed by atoms with Crippen LogP contribution >= 0.6 is 0 Å². The van der Waals surface area contributed by atoms with Gasteiger partial charge in [0.15, 0.2) is 0 Å². The summed E-state index contributed by atoms with van der Waals surface area (Å²) in [5.74, 6) is -0.0369. The maximum absolute atomic E-state index is 12.2. The Labute approximate surface area is 155 Å². The smallest absolute Gasteiger partial charge is 0.221 e. The van der Waals surface area contributed by atoms with E-state index in [4.69, 9.17) is 10.5 Å². The SMILES string of the molecule is NC(CC(=O)NCC1CN(Cc2ccccc2)CCO1)c1ccccc1. The third kappa shape index (κ3) is 5.66. The van der Waals surface area contributed by atoms with Gasteiger partial charge in [-0.3, -0.25) is 9.69 Å². The van der Waals surface area contributed by atoms with Crippen molar-refractivity contribution < 1.29 is 9.53 Å². The van der Waals surface area contributed by atoms with Crippen molar-refractivity contribution in [2.45, 2.75) is 25.1 Å². The van der Waals surface area contributed by atoms with Gasteiger partial charge in [-0.1, -0.05) is 60.7 Å². The zero-order valence-electron chi connectivity index (χ0n) is 15.0. The minimum atomic E-state index is -0.280. The lowest BCUT2D eigenvalue weighted by atomic mass is 10.0. The molecule has 0 aliphatic carbocycles. The molecule has 5 nitrogen and oxygen atoms in total. The number of morpholine rings is 1. The highest BCUT2D eigenvalue weighted by Gasteiger charge is 2.21. The third-order valence-corrected chi connectivity index (χ3v) is 4.63. The number of hydrogen-bond acceptors (Lipinski definition) is 4. The molecule has 0 saturated carbocycles. The van der Waals surface area contributed by atoms with Gasteiger partial charge in [0.25, 0.3) is 0 Å². The van der Waals surface area contributed by atoms with Crippen molar-refractivity contribution in [2.75, 3.05) is 26.2 Å². The molecule has 2 unspecified atom stereocenters. The van der Waals surface area contributed by atoms with Crippen LogP contribution < -0.4 is 11.1 Å². The Balaban J connectivity index is 1.41. The average Bonchev–Trinajstić information content (AvgIpc) is 2.68. The van der Waals surface area contributed by atoms with Gasteiger partial charge in [-0.15, -0.1) is 0 Å². The Morgan fingerprint density at radius 3 is 2.58 bits per heavy atom. The Hall–Kier alpha value is -2.21. The molecule has 2 aromatic rings. The van der Waals surface area contributed by atoms with Crippen LogP contribution in [0.1, 0.15) is 23.6 Å². The van der Waals surface area contributed by atoms with Gasteiger partial charge in [0.1, 0.15) is 0 Å². The number of carbonyl (C=O) groups is 1. The highest BCUT2D eigenvalue weighted by molar-refractivity contribution is 5.76. The van der Waals surface area contributed by atoms with Crippen molar-refractivity contribution in [3.05, 3.63) is 71.8 Å². The Morgan fingerprint density at radius 1 is 1.15 bits per heavy atom. The van der Waals surface area contributed by atoms with Gasteiger partial charge in [-0.25, -0.2) is 0 Å². The van der Waals surface area contributed by atoms with Crippen molar-refractivity contribution in [2.24, 2.45) is 5.73 Å². The topological polar surface area (TPSA) is 67.6 Å². The molecule has 3 rings (SSSR count). The molecule has 1 heterocycles. The predicted molar refractivity (Wildman–Crippen MR) is 102 cm³/mol. The van der Waals surface area contributed by atoms with Crippen LogP contribution in [0.5, 0.6) is 0 Å². The molecule has 1 aliphatic rings. The first-order valence-electron chi connectivity index (χ1n) is 9.16. The molecule has 5 heteroatoms. The van der Waals surface area contributed by atoms with Gasteiger partial charge in [0.2, 0.25) is 5.91 Å². The highest BCUT2D eigenvalue weighted by atomic mass is 16.5. The molecule has 2 atom stereocenters. The summed E-state index contributed by atoms with van der Waals surface area (Å²) >= 11 is 0. The van der Waals surface area contributed by atoms with Crippen LogP contribution in [0.15, 0.2) is 60.7 Å². The van der Waals surface area contributed by atoms with Crippen LogP contribution in [0.25, 0.3) is 0 Å². The second-order valence-corrected chi connectivity index (χ2v) is 6.74. The van der Waals surface area contributed by atoms with Gasteiger partial charge in [-0.05, 0) is 11.1 Å². The van der Waals surface area contributed by atoms with Crippen molar-refractivity contribution in [3.8, 4) is 0 Å². The number of nitrogens with one attached hydrogen (secondary N) is 1. The molecule has 0 spiro atoms. The molecule has 3 N–H and O–H groups in total. The average molecular weight is 353 g/mol. The number of nitrogens with zero attached hydrogens (tertiary/aromatic N) is 1. The predicted octanol–water partition coefficient (Wildman–Crippen LogP) is 2.09. The number of ether oxygens (including phenoxy) is 1. The highest BCUT2D eigenvalue weighted by Crippen LogP contribution is 2.13. The minimum absolute atomic E-state index is 0.0179. The molecule has 0 radical (unpaired) electrons. The second kappa shape index (κ2) is 9.48. The largest absolute Gasteiger partial charge is 0.374 e. The summed E-state index contributed by atoms with van der Waals surface area (Å²) in [6.07, 6.45) is 0.300. The molecule has 1 saturated heterocycles. The summed E-state index contributed by atoms with van der Waals surface area (Å²) in [6, 6.07) is 19.8.